The Balaban J connectivity index is 1.72. The number of hydrogen-bond acceptors (Lipinski definition) is 3. The van der Waals surface area contributed by atoms with Gasteiger partial charge in [0.05, 0.1) is 10.7 Å². The highest BCUT2D eigenvalue weighted by Crippen LogP contribution is 2.24. The SMILES string of the molecule is O=C(Cn1nc(-c2ccccc2Cl)ccc1=O)NCc1ccc(F)cc1. The molecule has 0 fully saturated rings. The fourth-order valence-electron chi connectivity index (χ4n) is 2.37. The summed E-state index contributed by atoms with van der Waals surface area (Å²) in [6, 6.07) is 15.8. The summed E-state index contributed by atoms with van der Waals surface area (Å²) < 4.78 is 14.0. The van der Waals surface area contributed by atoms with Crippen molar-refractivity contribution in [2.45, 2.75) is 13.1 Å². The van der Waals surface area contributed by atoms with Crippen LogP contribution >= 0.6 is 11.6 Å². The topological polar surface area (TPSA) is 64.0 Å². The van der Waals surface area contributed by atoms with Gasteiger partial charge in [-0.15, -0.1) is 0 Å². The molecule has 26 heavy (non-hydrogen) atoms. The quantitative estimate of drug-likeness (QED) is 0.749. The van der Waals surface area contributed by atoms with Crippen LogP contribution in [0.15, 0.2) is 65.5 Å². The molecule has 0 radical (unpaired) electrons. The van der Waals surface area contributed by atoms with E-state index >= 15 is 0 Å². The molecule has 0 bridgehead atoms. The van der Waals surface area contributed by atoms with E-state index in [0.717, 1.165) is 10.2 Å². The van der Waals surface area contributed by atoms with Gasteiger partial charge in [0.2, 0.25) is 5.91 Å². The van der Waals surface area contributed by atoms with Crippen molar-refractivity contribution in [3.8, 4) is 11.3 Å². The van der Waals surface area contributed by atoms with Crippen molar-refractivity contribution >= 4 is 17.5 Å². The van der Waals surface area contributed by atoms with Gasteiger partial charge in [-0.2, -0.15) is 5.10 Å². The Morgan fingerprint density at radius 3 is 2.54 bits per heavy atom. The first-order valence-corrected chi connectivity index (χ1v) is 8.25. The number of carbonyl (C=O) groups is 1. The van der Waals surface area contributed by atoms with Crippen molar-refractivity contribution in [1.29, 1.82) is 0 Å². The van der Waals surface area contributed by atoms with Crippen molar-refractivity contribution in [1.82, 2.24) is 15.1 Å². The Labute approximate surface area is 154 Å². The summed E-state index contributed by atoms with van der Waals surface area (Å²) in [5.41, 5.74) is 1.54. The number of aromatic nitrogens is 2. The van der Waals surface area contributed by atoms with E-state index in [2.05, 4.69) is 10.4 Å². The van der Waals surface area contributed by atoms with Gasteiger partial charge < -0.3 is 5.32 Å². The largest absolute Gasteiger partial charge is 0.350 e. The van der Waals surface area contributed by atoms with Gasteiger partial charge in [-0.3, -0.25) is 9.59 Å². The molecule has 7 heteroatoms. The predicted octanol–water partition coefficient (Wildman–Crippen LogP) is 3.02. The molecule has 3 aromatic rings. The van der Waals surface area contributed by atoms with Gasteiger partial charge in [0.1, 0.15) is 12.4 Å². The van der Waals surface area contributed by atoms with Crippen molar-refractivity contribution in [3.63, 3.8) is 0 Å². The molecular formula is C19H15ClFN3O2. The van der Waals surface area contributed by atoms with Crippen molar-refractivity contribution in [2.24, 2.45) is 0 Å². The molecule has 0 unspecified atom stereocenters. The van der Waals surface area contributed by atoms with Crippen molar-refractivity contribution in [3.05, 3.63) is 87.4 Å². The Morgan fingerprint density at radius 1 is 1.08 bits per heavy atom. The number of benzene rings is 2. The van der Waals surface area contributed by atoms with E-state index < -0.39 is 5.56 Å². The molecule has 0 spiro atoms. The second kappa shape index (κ2) is 7.93. The molecule has 3 rings (SSSR count). The van der Waals surface area contributed by atoms with Crippen LogP contribution in [0.1, 0.15) is 5.56 Å². The van der Waals surface area contributed by atoms with Crippen molar-refractivity contribution < 1.29 is 9.18 Å². The average Bonchev–Trinajstić information content (AvgIpc) is 2.64. The number of rotatable bonds is 5. The minimum Gasteiger partial charge on any atom is -0.350 e. The molecule has 0 aliphatic heterocycles. The summed E-state index contributed by atoms with van der Waals surface area (Å²) in [7, 11) is 0. The minimum absolute atomic E-state index is 0.224. The lowest BCUT2D eigenvalue weighted by atomic mass is 10.1. The molecule has 2 aromatic carbocycles. The first kappa shape index (κ1) is 17.8. The molecule has 1 aromatic heterocycles. The third-order valence-electron chi connectivity index (χ3n) is 3.71. The molecule has 1 N–H and O–H groups in total. The maximum absolute atomic E-state index is 12.9. The second-order valence-corrected chi connectivity index (χ2v) is 6.00. The number of nitrogens with zero attached hydrogens (tertiary/aromatic N) is 2. The highest BCUT2D eigenvalue weighted by atomic mass is 35.5. The molecular weight excluding hydrogens is 357 g/mol. The zero-order valence-corrected chi connectivity index (χ0v) is 14.4. The monoisotopic (exact) mass is 371 g/mol. The minimum atomic E-state index is -0.391. The number of hydrogen-bond donors (Lipinski definition) is 1. The summed E-state index contributed by atoms with van der Waals surface area (Å²) in [6.07, 6.45) is 0. The average molecular weight is 372 g/mol. The van der Waals surface area contributed by atoms with Gasteiger partial charge in [0.25, 0.3) is 5.56 Å². The van der Waals surface area contributed by atoms with E-state index in [9.17, 15) is 14.0 Å². The zero-order valence-electron chi connectivity index (χ0n) is 13.7. The van der Waals surface area contributed by atoms with E-state index in [-0.39, 0.29) is 24.8 Å². The van der Waals surface area contributed by atoms with Gasteiger partial charge in [-0.25, -0.2) is 9.07 Å². The fraction of sp³-hybridized carbons (Fsp3) is 0.105. The van der Waals surface area contributed by atoms with Crippen LogP contribution in [0.4, 0.5) is 4.39 Å². The lowest BCUT2D eigenvalue weighted by molar-refractivity contribution is -0.122. The Morgan fingerprint density at radius 2 is 1.81 bits per heavy atom. The second-order valence-electron chi connectivity index (χ2n) is 5.60. The number of carbonyl (C=O) groups excluding carboxylic acids is 1. The molecule has 0 saturated heterocycles. The predicted molar refractivity (Wildman–Crippen MR) is 97.2 cm³/mol. The van der Waals surface area contributed by atoms with Gasteiger partial charge in [-0.1, -0.05) is 41.9 Å². The Bertz CT molecular complexity index is 987. The molecule has 0 aliphatic carbocycles. The third-order valence-corrected chi connectivity index (χ3v) is 4.04. The van der Waals surface area contributed by atoms with E-state index in [1.165, 1.54) is 18.2 Å². The maximum Gasteiger partial charge on any atom is 0.267 e. The van der Waals surface area contributed by atoms with Crippen LogP contribution in [0, 0.1) is 5.82 Å². The van der Waals surface area contributed by atoms with Crippen LogP contribution in [-0.2, 0) is 17.9 Å². The summed E-state index contributed by atoms with van der Waals surface area (Å²) >= 11 is 6.15. The summed E-state index contributed by atoms with van der Waals surface area (Å²) in [5, 5.41) is 7.40. The summed E-state index contributed by atoms with van der Waals surface area (Å²) in [6.45, 7) is 0.0103. The molecule has 1 heterocycles. The summed E-state index contributed by atoms with van der Waals surface area (Å²) in [4.78, 5) is 24.1. The molecule has 0 atom stereocenters. The van der Waals surface area contributed by atoms with E-state index in [0.29, 0.717) is 16.3 Å². The molecule has 1 amide bonds. The van der Waals surface area contributed by atoms with E-state index in [1.54, 1.807) is 36.4 Å². The standard InChI is InChI=1S/C19H15ClFN3O2/c20-16-4-2-1-3-15(16)17-9-10-19(26)24(23-17)12-18(25)22-11-13-5-7-14(21)8-6-13/h1-10H,11-12H2,(H,22,25). The van der Waals surface area contributed by atoms with Crippen LogP contribution in [0.25, 0.3) is 11.3 Å². The van der Waals surface area contributed by atoms with Crippen LogP contribution in [-0.4, -0.2) is 15.7 Å². The first-order valence-electron chi connectivity index (χ1n) is 7.87. The molecule has 0 aliphatic rings. The lowest BCUT2D eigenvalue weighted by Gasteiger charge is -2.09. The fourth-order valence-corrected chi connectivity index (χ4v) is 2.60. The lowest BCUT2D eigenvalue weighted by Crippen LogP contribution is -2.33. The Kier molecular flexibility index (Phi) is 5.43. The smallest absolute Gasteiger partial charge is 0.267 e. The first-order chi connectivity index (χ1) is 12.5. The van der Waals surface area contributed by atoms with Gasteiger partial charge in [0.15, 0.2) is 0 Å². The van der Waals surface area contributed by atoms with Gasteiger partial charge in [0, 0.05) is 18.2 Å². The van der Waals surface area contributed by atoms with Crippen LogP contribution in [0.2, 0.25) is 5.02 Å². The number of amides is 1. The van der Waals surface area contributed by atoms with E-state index in [4.69, 9.17) is 11.6 Å². The third kappa shape index (κ3) is 4.34. The zero-order chi connectivity index (χ0) is 18.5. The molecule has 132 valence electrons. The summed E-state index contributed by atoms with van der Waals surface area (Å²) in [5.74, 6) is -0.715. The van der Waals surface area contributed by atoms with Gasteiger partial charge >= 0.3 is 0 Å². The number of nitrogens with one attached hydrogen (secondary N) is 1. The van der Waals surface area contributed by atoms with Crippen LogP contribution < -0.4 is 10.9 Å². The highest BCUT2D eigenvalue weighted by molar-refractivity contribution is 6.33. The van der Waals surface area contributed by atoms with Gasteiger partial charge in [-0.05, 0) is 29.8 Å². The van der Waals surface area contributed by atoms with E-state index in [1.807, 2.05) is 6.07 Å². The Hall–Kier alpha value is -2.99. The maximum atomic E-state index is 12.9. The number of halogens is 2. The molecule has 5 nitrogen and oxygen atoms in total. The molecule has 0 saturated carbocycles. The van der Waals surface area contributed by atoms with Crippen molar-refractivity contribution in [2.75, 3.05) is 0 Å². The van der Waals surface area contributed by atoms with Crippen LogP contribution in [0.3, 0.4) is 0 Å². The highest BCUT2D eigenvalue weighted by Gasteiger charge is 2.10. The normalized spacial score (nSPS) is 10.5. The van der Waals surface area contributed by atoms with Crippen LogP contribution in [0.5, 0.6) is 0 Å².